The van der Waals surface area contributed by atoms with Gasteiger partial charge in [-0.2, -0.15) is 0 Å². The first kappa shape index (κ1) is 13.3. The van der Waals surface area contributed by atoms with Gasteiger partial charge in [0.1, 0.15) is 5.75 Å². The van der Waals surface area contributed by atoms with E-state index < -0.39 is 0 Å². The summed E-state index contributed by atoms with van der Waals surface area (Å²) >= 11 is 0. The van der Waals surface area contributed by atoms with Gasteiger partial charge >= 0.3 is 0 Å². The van der Waals surface area contributed by atoms with E-state index in [1.807, 2.05) is 18.9 Å². The molecule has 0 atom stereocenters. The lowest BCUT2D eigenvalue weighted by atomic mass is 10.1. The number of nitrogens with two attached hydrogens (primary N) is 1. The van der Waals surface area contributed by atoms with E-state index in [0.717, 1.165) is 5.56 Å². The van der Waals surface area contributed by atoms with Crippen LogP contribution < -0.4 is 11.1 Å². The quantitative estimate of drug-likeness (QED) is 0.516. The molecule has 0 aromatic heterocycles. The lowest BCUT2D eigenvalue weighted by Crippen LogP contribution is -2.34. The maximum atomic E-state index is 11.4. The van der Waals surface area contributed by atoms with Gasteiger partial charge in [-0.3, -0.25) is 9.69 Å². The van der Waals surface area contributed by atoms with Crippen LogP contribution in [0, 0.1) is 0 Å². The fraction of sp³-hybridized carbons (Fsp3) is 0.417. The Morgan fingerprint density at radius 2 is 2.24 bits per heavy atom. The summed E-state index contributed by atoms with van der Waals surface area (Å²) in [7, 11) is 1.82. The van der Waals surface area contributed by atoms with Gasteiger partial charge in [0.05, 0.1) is 6.54 Å². The van der Waals surface area contributed by atoms with E-state index in [9.17, 15) is 9.90 Å². The first-order valence-electron chi connectivity index (χ1n) is 5.55. The molecule has 0 spiro atoms. The summed E-state index contributed by atoms with van der Waals surface area (Å²) in [6.07, 6.45) is 0. The van der Waals surface area contributed by atoms with Gasteiger partial charge in [-0.25, -0.2) is 0 Å². The van der Waals surface area contributed by atoms with Gasteiger partial charge in [-0.05, 0) is 32.2 Å². The highest BCUT2D eigenvalue weighted by Crippen LogP contribution is 2.20. The molecule has 0 saturated heterocycles. The van der Waals surface area contributed by atoms with Gasteiger partial charge in [0.15, 0.2) is 0 Å². The molecule has 0 bridgehead atoms. The summed E-state index contributed by atoms with van der Waals surface area (Å²) in [5, 5.41) is 12.4. The molecule has 0 heterocycles. The molecule has 0 radical (unpaired) electrons. The predicted molar refractivity (Wildman–Crippen MR) is 67.5 cm³/mol. The van der Waals surface area contributed by atoms with E-state index in [-0.39, 0.29) is 11.7 Å². The molecule has 0 aliphatic rings. The van der Waals surface area contributed by atoms with Crippen molar-refractivity contribution in [2.75, 3.05) is 25.9 Å². The number of amides is 1. The number of aromatic hydroxyl groups is 1. The highest BCUT2D eigenvalue weighted by molar-refractivity contribution is 5.77. The Kier molecular flexibility index (Phi) is 4.78. The van der Waals surface area contributed by atoms with Gasteiger partial charge < -0.3 is 16.2 Å². The van der Waals surface area contributed by atoms with Crippen molar-refractivity contribution in [3.05, 3.63) is 23.8 Å². The zero-order valence-corrected chi connectivity index (χ0v) is 10.2. The first-order chi connectivity index (χ1) is 8.02. The maximum absolute atomic E-state index is 11.4. The Balaban J connectivity index is 2.58. The summed E-state index contributed by atoms with van der Waals surface area (Å²) < 4.78 is 0. The third kappa shape index (κ3) is 4.32. The van der Waals surface area contributed by atoms with Crippen molar-refractivity contribution >= 4 is 11.6 Å². The van der Waals surface area contributed by atoms with Crippen molar-refractivity contribution in [3.63, 3.8) is 0 Å². The minimum Gasteiger partial charge on any atom is -0.508 e. The summed E-state index contributed by atoms with van der Waals surface area (Å²) in [5.41, 5.74) is 6.96. The van der Waals surface area contributed by atoms with Crippen LogP contribution in [0.1, 0.15) is 12.5 Å². The van der Waals surface area contributed by atoms with E-state index in [1.54, 1.807) is 18.2 Å². The summed E-state index contributed by atoms with van der Waals surface area (Å²) in [4.78, 5) is 13.2. The summed E-state index contributed by atoms with van der Waals surface area (Å²) in [6.45, 7) is 3.27. The SMILES string of the molecule is CCNC(=O)CN(C)Cc1cc(N)ccc1O. The van der Waals surface area contributed by atoms with Crippen molar-refractivity contribution in [2.24, 2.45) is 0 Å². The topological polar surface area (TPSA) is 78.6 Å². The summed E-state index contributed by atoms with van der Waals surface area (Å²) in [6, 6.07) is 4.91. The van der Waals surface area contributed by atoms with Crippen molar-refractivity contribution < 1.29 is 9.90 Å². The molecular weight excluding hydrogens is 218 g/mol. The van der Waals surface area contributed by atoms with Gasteiger partial charge in [0.25, 0.3) is 0 Å². The predicted octanol–water partition coefficient (Wildman–Crippen LogP) is 0.542. The van der Waals surface area contributed by atoms with E-state index >= 15 is 0 Å². The van der Waals surface area contributed by atoms with Crippen LogP contribution in [-0.2, 0) is 11.3 Å². The molecule has 0 unspecified atom stereocenters. The number of phenols is 1. The number of nitrogen functional groups attached to an aromatic ring is 1. The van der Waals surface area contributed by atoms with Gasteiger partial charge in [-0.15, -0.1) is 0 Å². The molecule has 4 N–H and O–H groups in total. The van der Waals surface area contributed by atoms with Gasteiger partial charge in [-0.1, -0.05) is 0 Å². The number of rotatable bonds is 5. The molecule has 94 valence electrons. The second kappa shape index (κ2) is 6.10. The number of nitrogens with zero attached hydrogens (tertiary/aromatic N) is 1. The molecule has 1 rings (SSSR count). The number of carbonyl (C=O) groups excluding carboxylic acids is 1. The van der Waals surface area contributed by atoms with E-state index in [2.05, 4.69) is 5.32 Å². The van der Waals surface area contributed by atoms with Crippen LogP contribution in [0.25, 0.3) is 0 Å². The number of hydrogen-bond acceptors (Lipinski definition) is 4. The fourth-order valence-corrected chi connectivity index (χ4v) is 1.58. The summed E-state index contributed by atoms with van der Waals surface area (Å²) in [5.74, 6) is 0.167. The van der Waals surface area contributed by atoms with Crippen LogP contribution in [0.5, 0.6) is 5.75 Å². The maximum Gasteiger partial charge on any atom is 0.234 e. The van der Waals surface area contributed by atoms with Crippen molar-refractivity contribution in [2.45, 2.75) is 13.5 Å². The first-order valence-corrected chi connectivity index (χ1v) is 5.55. The smallest absolute Gasteiger partial charge is 0.234 e. The van der Waals surface area contributed by atoms with E-state index in [0.29, 0.717) is 25.3 Å². The molecular formula is C12H19N3O2. The van der Waals surface area contributed by atoms with Crippen LogP contribution in [-0.4, -0.2) is 36.1 Å². The lowest BCUT2D eigenvalue weighted by molar-refractivity contribution is -0.121. The highest BCUT2D eigenvalue weighted by Gasteiger charge is 2.09. The highest BCUT2D eigenvalue weighted by atomic mass is 16.3. The van der Waals surface area contributed by atoms with Gasteiger partial charge in [0, 0.05) is 24.3 Å². The average molecular weight is 237 g/mol. The Morgan fingerprint density at radius 1 is 1.53 bits per heavy atom. The average Bonchev–Trinajstić information content (AvgIpc) is 2.23. The molecule has 5 heteroatoms. The molecule has 1 aromatic carbocycles. The normalized spacial score (nSPS) is 10.5. The van der Waals surface area contributed by atoms with Crippen molar-refractivity contribution in [1.29, 1.82) is 0 Å². The Labute approximate surface area is 101 Å². The van der Waals surface area contributed by atoms with Crippen LogP contribution in [0.2, 0.25) is 0 Å². The lowest BCUT2D eigenvalue weighted by Gasteiger charge is -2.17. The molecule has 0 aliphatic heterocycles. The zero-order chi connectivity index (χ0) is 12.8. The van der Waals surface area contributed by atoms with Crippen molar-refractivity contribution in [3.8, 4) is 5.75 Å². The number of benzene rings is 1. The number of hydrogen-bond donors (Lipinski definition) is 3. The van der Waals surface area contributed by atoms with Crippen LogP contribution >= 0.6 is 0 Å². The Bertz CT molecular complexity index is 393. The number of anilines is 1. The minimum absolute atomic E-state index is 0.0293. The largest absolute Gasteiger partial charge is 0.508 e. The van der Waals surface area contributed by atoms with Crippen LogP contribution in [0.4, 0.5) is 5.69 Å². The van der Waals surface area contributed by atoms with E-state index in [4.69, 9.17) is 5.73 Å². The standard InChI is InChI=1S/C12H19N3O2/c1-3-14-12(17)8-15(2)7-9-6-10(13)4-5-11(9)16/h4-6,16H,3,7-8,13H2,1-2H3,(H,14,17). The zero-order valence-electron chi connectivity index (χ0n) is 10.2. The monoisotopic (exact) mass is 237 g/mol. The third-order valence-corrected chi connectivity index (χ3v) is 2.33. The fourth-order valence-electron chi connectivity index (χ4n) is 1.58. The molecule has 1 aromatic rings. The molecule has 17 heavy (non-hydrogen) atoms. The van der Waals surface area contributed by atoms with Crippen molar-refractivity contribution in [1.82, 2.24) is 10.2 Å². The number of nitrogens with one attached hydrogen (secondary N) is 1. The number of phenolic OH excluding ortho intramolecular Hbond substituents is 1. The Hall–Kier alpha value is -1.75. The molecule has 0 aliphatic carbocycles. The molecule has 0 fully saturated rings. The van der Waals surface area contributed by atoms with E-state index in [1.165, 1.54) is 0 Å². The minimum atomic E-state index is -0.0293. The second-order valence-electron chi connectivity index (χ2n) is 4.01. The van der Waals surface area contributed by atoms with Crippen LogP contribution in [0.15, 0.2) is 18.2 Å². The Morgan fingerprint density at radius 3 is 2.88 bits per heavy atom. The number of likely N-dealkylation sites (N-methyl/N-ethyl adjacent to an activating group) is 2. The third-order valence-electron chi connectivity index (χ3n) is 2.33. The second-order valence-corrected chi connectivity index (χ2v) is 4.01. The number of carbonyl (C=O) groups is 1. The molecule has 0 saturated carbocycles. The van der Waals surface area contributed by atoms with Crippen LogP contribution in [0.3, 0.4) is 0 Å². The molecule has 1 amide bonds. The van der Waals surface area contributed by atoms with Gasteiger partial charge in [0.2, 0.25) is 5.91 Å². The molecule has 5 nitrogen and oxygen atoms in total.